The van der Waals surface area contributed by atoms with Crippen molar-refractivity contribution in [1.29, 1.82) is 0 Å². The fraction of sp³-hybridized carbons (Fsp3) is 0.545. The lowest BCUT2D eigenvalue weighted by Gasteiger charge is -2.27. The Hall–Kier alpha value is -1.17. The first-order chi connectivity index (χ1) is 8.29. The van der Waals surface area contributed by atoms with Crippen molar-refractivity contribution in [3.05, 3.63) is 16.9 Å². The molecule has 0 amide bonds. The van der Waals surface area contributed by atoms with Gasteiger partial charge in [0.05, 0.1) is 10.2 Å². The summed E-state index contributed by atoms with van der Waals surface area (Å²) in [5.41, 5.74) is 1.13. The number of anilines is 1. The Morgan fingerprint density at radius 3 is 2.59 bits per heavy atom. The van der Waals surface area contributed by atoms with E-state index in [0.29, 0.717) is 6.61 Å². The van der Waals surface area contributed by atoms with Gasteiger partial charge in [0.15, 0.2) is 0 Å². The van der Waals surface area contributed by atoms with E-state index in [9.17, 15) is 0 Å². The Balaban J connectivity index is 1.92. The van der Waals surface area contributed by atoms with Gasteiger partial charge in [0, 0.05) is 38.3 Å². The molecular formula is C11H15BrN4O. The van der Waals surface area contributed by atoms with E-state index in [4.69, 9.17) is 4.84 Å². The van der Waals surface area contributed by atoms with E-state index in [1.165, 1.54) is 0 Å². The van der Waals surface area contributed by atoms with E-state index in [0.717, 1.165) is 42.1 Å². The summed E-state index contributed by atoms with van der Waals surface area (Å²) >= 11 is 3.33. The molecule has 0 radical (unpaired) electrons. The molecule has 6 heteroatoms. The molecule has 1 fully saturated rings. The number of hydrogen-bond donors (Lipinski definition) is 0. The van der Waals surface area contributed by atoms with Crippen molar-refractivity contribution < 1.29 is 4.84 Å². The van der Waals surface area contributed by atoms with Crippen LogP contribution in [-0.2, 0) is 4.84 Å². The number of halogens is 1. The lowest BCUT2D eigenvalue weighted by molar-refractivity contribution is 0.157. The van der Waals surface area contributed by atoms with E-state index in [1.807, 2.05) is 6.92 Å². The van der Waals surface area contributed by atoms with Gasteiger partial charge in [0.2, 0.25) is 5.95 Å². The molecule has 1 aliphatic rings. The smallest absolute Gasteiger partial charge is 0.225 e. The van der Waals surface area contributed by atoms with Gasteiger partial charge in [-0.25, -0.2) is 9.97 Å². The second-order valence-electron chi connectivity index (χ2n) is 3.76. The summed E-state index contributed by atoms with van der Waals surface area (Å²) in [6.07, 6.45) is 5.37. The molecule has 1 aromatic rings. The van der Waals surface area contributed by atoms with Gasteiger partial charge in [-0.3, -0.25) is 0 Å². The maximum absolute atomic E-state index is 5.06. The first-order valence-electron chi connectivity index (χ1n) is 5.70. The van der Waals surface area contributed by atoms with Gasteiger partial charge in [-0.1, -0.05) is 5.16 Å². The minimum absolute atomic E-state index is 0.628. The SMILES string of the molecule is CCON=C1CCN(c2ncc(Br)cn2)CC1. The molecule has 0 aliphatic carbocycles. The molecule has 0 N–H and O–H groups in total. The minimum Gasteiger partial charge on any atom is -0.396 e. The van der Waals surface area contributed by atoms with Crippen LogP contribution in [0.15, 0.2) is 22.0 Å². The standard InChI is InChI=1S/C11H15BrN4O/c1-2-17-15-10-3-5-16(6-4-10)11-13-7-9(12)8-14-11/h7-8H,2-6H2,1H3. The molecule has 0 bridgehead atoms. The fourth-order valence-electron chi connectivity index (χ4n) is 1.68. The predicted octanol–water partition coefficient (Wildman–Crippen LogP) is 2.23. The Morgan fingerprint density at radius 2 is 2.00 bits per heavy atom. The Labute approximate surface area is 109 Å². The van der Waals surface area contributed by atoms with E-state index in [1.54, 1.807) is 12.4 Å². The quantitative estimate of drug-likeness (QED) is 0.803. The second kappa shape index (κ2) is 5.95. The largest absolute Gasteiger partial charge is 0.396 e. The highest BCUT2D eigenvalue weighted by molar-refractivity contribution is 9.10. The second-order valence-corrected chi connectivity index (χ2v) is 4.68. The number of piperidine rings is 1. The molecule has 2 rings (SSSR count). The lowest BCUT2D eigenvalue weighted by atomic mass is 10.1. The van der Waals surface area contributed by atoms with Gasteiger partial charge in [-0.2, -0.15) is 0 Å². The molecule has 0 atom stereocenters. The zero-order chi connectivity index (χ0) is 12.1. The van der Waals surface area contributed by atoms with Crippen LogP contribution in [0.1, 0.15) is 19.8 Å². The van der Waals surface area contributed by atoms with Gasteiger partial charge < -0.3 is 9.74 Å². The third kappa shape index (κ3) is 3.39. The summed E-state index contributed by atoms with van der Waals surface area (Å²) in [5, 5.41) is 4.09. The van der Waals surface area contributed by atoms with Crippen LogP contribution in [0.4, 0.5) is 5.95 Å². The van der Waals surface area contributed by atoms with Crippen LogP contribution >= 0.6 is 15.9 Å². The van der Waals surface area contributed by atoms with Crippen molar-refractivity contribution in [3.8, 4) is 0 Å². The number of aromatic nitrogens is 2. The van der Waals surface area contributed by atoms with Crippen molar-refractivity contribution in [1.82, 2.24) is 9.97 Å². The van der Waals surface area contributed by atoms with E-state index >= 15 is 0 Å². The van der Waals surface area contributed by atoms with Gasteiger partial charge in [0.25, 0.3) is 0 Å². The monoisotopic (exact) mass is 298 g/mol. The zero-order valence-electron chi connectivity index (χ0n) is 9.77. The van der Waals surface area contributed by atoms with Crippen molar-refractivity contribution in [2.75, 3.05) is 24.6 Å². The molecule has 1 saturated heterocycles. The van der Waals surface area contributed by atoms with Crippen molar-refractivity contribution in [2.24, 2.45) is 5.16 Å². The van der Waals surface area contributed by atoms with Gasteiger partial charge in [0.1, 0.15) is 6.61 Å². The van der Waals surface area contributed by atoms with Crippen molar-refractivity contribution in [3.63, 3.8) is 0 Å². The Bertz CT molecular complexity index is 383. The summed E-state index contributed by atoms with van der Waals surface area (Å²) in [7, 11) is 0. The molecule has 1 aromatic heterocycles. The number of oxime groups is 1. The van der Waals surface area contributed by atoms with Crippen LogP contribution in [0, 0.1) is 0 Å². The topological polar surface area (TPSA) is 50.6 Å². The number of hydrogen-bond acceptors (Lipinski definition) is 5. The zero-order valence-corrected chi connectivity index (χ0v) is 11.4. The highest BCUT2D eigenvalue weighted by Crippen LogP contribution is 2.15. The van der Waals surface area contributed by atoms with Gasteiger partial charge >= 0.3 is 0 Å². The molecule has 0 unspecified atom stereocenters. The van der Waals surface area contributed by atoms with Crippen LogP contribution in [0.5, 0.6) is 0 Å². The lowest BCUT2D eigenvalue weighted by Crippen LogP contribution is -2.35. The number of rotatable bonds is 3. The van der Waals surface area contributed by atoms with E-state index < -0.39 is 0 Å². The molecular weight excluding hydrogens is 284 g/mol. The molecule has 0 aromatic carbocycles. The normalized spacial score (nSPS) is 15.9. The molecule has 5 nitrogen and oxygen atoms in total. The van der Waals surface area contributed by atoms with Crippen LogP contribution in [0.3, 0.4) is 0 Å². The van der Waals surface area contributed by atoms with E-state index in [-0.39, 0.29) is 0 Å². The highest BCUT2D eigenvalue weighted by Gasteiger charge is 2.17. The minimum atomic E-state index is 0.628. The van der Waals surface area contributed by atoms with Crippen molar-refractivity contribution in [2.45, 2.75) is 19.8 Å². The third-order valence-electron chi connectivity index (χ3n) is 2.55. The average Bonchev–Trinajstić information content (AvgIpc) is 2.38. The molecule has 2 heterocycles. The number of nitrogens with zero attached hydrogens (tertiary/aromatic N) is 4. The predicted molar refractivity (Wildman–Crippen MR) is 70.2 cm³/mol. The van der Waals surface area contributed by atoms with Crippen molar-refractivity contribution >= 4 is 27.6 Å². The van der Waals surface area contributed by atoms with Crippen LogP contribution in [-0.4, -0.2) is 35.4 Å². The van der Waals surface area contributed by atoms with Gasteiger partial charge in [-0.15, -0.1) is 0 Å². The molecule has 1 aliphatic heterocycles. The van der Waals surface area contributed by atoms with Crippen LogP contribution in [0.25, 0.3) is 0 Å². The molecule has 92 valence electrons. The first kappa shape index (κ1) is 12.3. The molecule has 0 spiro atoms. The summed E-state index contributed by atoms with van der Waals surface area (Å²) < 4.78 is 0.900. The molecule has 0 saturated carbocycles. The maximum atomic E-state index is 5.06. The van der Waals surface area contributed by atoms with Crippen LogP contribution < -0.4 is 4.90 Å². The first-order valence-corrected chi connectivity index (χ1v) is 6.49. The Morgan fingerprint density at radius 1 is 1.35 bits per heavy atom. The summed E-state index contributed by atoms with van der Waals surface area (Å²) in [4.78, 5) is 15.8. The molecule has 17 heavy (non-hydrogen) atoms. The summed E-state index contributed by atoms with van der Waals surface area (Å²) in [6.45, 7) is 4.36. The van der Waals surface area contributed by atoms with E-state index in [2.05, 4.69) is 36.0 Å². The fourth-order valence-corrected chi connectivity index (χ4v) is 1.89. The highest BCUT2D eigenvalue weighted by atomic mass is 79.9. The average molecular weight is 299 g/mol. The maximum Gasteiger partial charge on any atom is 0.225 e. The van der Waals surface area contributed by atoms with Gasteiger partial charge in [-0.05, 0) is 22.9 Å². The van der Waals surface area contributed by atoms with Crippen LogP contribution in [0.2, 0.25) is 0 Å². The third-order valence-corrected chi connectivity index (χ3v) is 2.96. The summed E-state index contributed by atoms with van der Waals surface area (Å²) in [5.74, 6) is 0.781. The Kier molecular flexibility index (Phi) is 4.30. The summed E-state index contributed by atoms with van der Waals surface area (Å²) in [6, 6.07) is 0.